The highest BCUT2D eigenvalue weighted by atomic mass is 16.5. The van der Waals surface area contributed by atoms with Gasteiger partial charge in [-0.05, 0) is 25.2 Å². The molecular formula is C31H62O4. The van der Waals surface area contributed by atoms with Crippen LogP contribution in [0.1, 0.15) is 156 Å². The van der Waals surface area contributed by atoms with Gasteiger partial charge in [-0.15, -0.1) is 0 Å². The van der Waals surface area contributed by atoms with Crippen LogP contribution in [0.5, 0.6) is 0 Å². The summed E-state index contributed by atoms with van der Waals surface area (Å²) in [5.74, 6) is 0.780. The van der Waals surface area contributed by atoms with E-state index < -0.39 is 0 Å². The van der Waals surface area contributed by atoms with Crippen molar-refractivity contribution in [3.8, 4) is 0 Å². The van der Waals surface area contributed by atoms with Crippen LogP contribution in [0.15, 0.2) is 0 Å². The van der Waals surface area contributed by atoms with E-state index in [0.717, 1.165) is 31.8 Å². The van der Waals surface area contributed by atoms with Crippen LogP contribution in [0.3, 0.4) is 0 Å². The molecule has 0 atom stereocenters. The molecule has 0 aliphatic rings. The van der Waals surface area contributed by atoms with E-state index >= 15 is 0 Å². The summed E-state index contributed by atoms with van der Waals surface area (Å²) in [6, 6.07) is 0. The molecule has 0 heterocycles. The number of carbonyl (C=O) groups is 1. The third-order valence-electron chi connectivity index (χ3n) is 6.62. The predicted octanol–water partition coefficient (Wildman–Crippen LogP) is 9.43. The van der Waals surface area contributed by atoms with Gasteiger partial charge in [-0.2, -0.15) is 0 Å². The Labute approximate surface area is 219 Å². The molecule has 0 bridgehead atoms. The largest absolute Gasteiger partial charge is 0.466 e. The highest BCUT2D eigenvalue weighted by Crippen LogP contribution is 2.14. The van der Waals surface area contributed by atoms with Crippen molar-refractivity contribution in [3.05, 3.63) is 0 Å². The van der Waals surface area contributed by atoms with E-state index in [4.69, 9.17) is 14.2 Å². The van der Waals surface area contributed by atoms with Crippen LogP contribution in [0.25, 0.3) is 0 Å². The van der Waals surface area contributed by atoms with Crippen molar-refractivity contribution in [1.29, 1.82) is 0 Å². The zero-order valence-electron chi connectivity index (χ0n) is 24.1. The highest BCUT2D eigenvalue weighted by molar-refractivity contribution is 5.69. The second-order valence-corrected chi connectivity index (χ2v) is 10.7. The molecule has 0 saturated heterocycles. The van der Waals surface area contributed by atoms with Crippen molar-refractivity contribution in [1.82, 2.24) is 0 Å². The van der Waals surface area contributed by atoms with E-state index in [-0.39, 0.29) is 5.97 Å². The fourth-order valence-corrected chi connectivity index (χ4v) is 4.31. The summed E-state index contributed by atoms with van der Waals surface area (Å²) in [5, 5.41) is 0. The van der Waals surface area contributed by atoms with Gasteiger partial charge < -0.3 is 14.2 Å². The summed E-state index contributed by atoms with van der Waals surface area (Å²) in [7, 11) is 0. The van der Waals surface area contributed by atoms with Crippen LogP contribution in [0, 0.1) is 5.92 Å². The molecule has 0 aliphatic carbocycles. The SMILES string of the molecule is CCCCCCCOCCOCCCC(=O)OCCCCCCCCCCCCCCCC(C)C. The van der Waals surface area contributed by atoms with Crippen molar-refractivity contribution in [2.24, 2.45) is 5.92 Å². The molecule has 0 aromatic rings. The normalized spacial score (nSPS) is 11.4. The first-order valence-corrected chi connectivity index (χ1v) is 15.5. The van der Waals surface area contributed by atoms with E-state index in [2.05, 4.69) is 20.8 Å². The van der Waals surface area contributed by atoms with Crippen molar-refractivity contribution < 1.29 is 19.0 Å². The van der Waals surface area contributed by atoms with Gasteiger partial charge in [0.05, 0.1) is 19.8 Å². The Balaban J connectivity index is 3.14. The average Bonchev–Trinajstić information content (AvgIpc) is 2.84. The fraction of sp³-hybridized carbons (Fsp3) is 0.968. The van der Waals surface area contributed by atoms with Crippen LogP contribution >= 0.6 is 0 Å². The Morgan fingerprint density at radius 3 is 1.46 bits per heavy atom. The molecule has 4 nitrogen and oxygen atoms in total. The Hall–Kier alpha value is -0.610. The second-order valence-electron chi connectivity index (χ2n) is 10.7. The third-order valence-corrected chi connectivity index (χ3v) is 6.62. The first-order chi connectivity index (χ1) is 17.2. The molecule has 0 aliphatic heterocycles. The zero-order valence-corrected chi connectivity index (χ0v) is 24.1. The Morgan fingerprint density at radius 2 is 0.943 bits per heavy atom. The lowest BCUT2D eigenvalue weighted by atomic mass is 10.0. The lowest BCUT2D eigenvalue weighted by molar-refractivity contribution is -0.144. The number of hydrogen-bond acceptors (Lipinski definition) is 4. The van der Waals surface area contributed by atoms with E-state index in [1.54, 1.807) is 0 Å². The van der Waals surface area contributed by atoms with Gasteiger partial charge in [-0.25, -0.2) is 0 Å². The maximum absolute atomic E-state index is 11.8. The Morgan fingerprint density at radius 1 is 0.514 bits per heavy atom. The molecular weight excluding hydrogens is 436 g/mol. The highest BCUT2D eigenvalue weighted by Gasteiger charge is 2.03. The molecule has 35 heavy (non-hydrogen) atoms. The summed E-state index contributed by atoms with van der Waals surface area (Å²) in [5.41, 5.74) is 0. The second kappa shape index (κ2) is 29.6. The van der Waals surface area contributed by atoms with Crippen molar-refractivity contribution >= 4 is 5.97 Å². The van der Waals surface area contributed by atoms with Gasteiger partial charge in [-0.3, -0.25) is 4.79 Å². The van der Waals surface area contributed by atoms with E-state index in [1.807, 2.05) is 0 Å². The van der Waals surface area contributed by atoms with Crippen LogP contribution in [-0.4, -0.2) is 39.0 Å². The number of rotatable bonds is 29. The minimum Gasteiger partial charge on any atom is -0.466 e. The Bertz CT molecular complexity index is 411. The van der Waals surface area contributed by atoms with Gasteiger partial charge >= 0.3 is 5.97 Å². The molecule has 0 aromatic carbocycles. The number of carbonyl (C=O) groups excluding carboxylic acids is 1. The molecule has 0 saturated carbocycles. The third kappa shape index (κ3) is 31.4. The molecule has 0 rings (SSSR count). The topological polar surface area (TPSA) is 44.8 Å². The first-order valence-electron chi connectivity index (χ1n) is 15.5. The molecule has 0 amide bonds. The number of esters is 1. The fourth-order valence-electron chi connectivity index (χ4n) is 4.31. The van der Waals surface area contributed by atoms with Gasteiger partial charge in [-0.1, -0.05) is 130 Å². The van der Waals surface area contributed by atoms with E-state index in [9.17, 15) is 4.79 Å². The maximum atomic E-state index is 11.8. The van der Waals surface area contributed by atoms with E-state index in [0.29, 0.717) is 32.8 Å². The smallest absolute Gasteiger partial charge is 0.305 e. The van der Waals surface area contributed by atoms with Gasteiger partial charge in [0.1, 0.15) is 0 Å². The van der Waals surface area contributed by atoms with Gasteiger partial charge in [0.2, 0.25) is 0 Å². The van der Waals surface area contributed by atoms with Crippen LogP contribution in [0.4, 0.5) is 0 Å². The van der Waals surface area contributed by atoms with Crippen LogP contribution < -0.4 is 0 Å². The van der Waals surface area contributed by atoms with Gasteiger partial charge in [0.25, 0.3) is 0 Å². The quantitative estimate of drug-likeness (QED) is 0.0761. The summed E-state index contributed by atoms with van der Waals surface area (Å²) in [6.45, 7) is 10.1. The lowest BCUT2D eigenvalue weighted by Crippen LogP contribution is -2.09. The molecule has 0 N–H and O–H groups in total. The van der Waals surface area contributed by atoms with Crippen LogP contribution in [0.2, 0.25) is 0 Å². The minimum atomic E-state index is -0.0862. The summed E-state index contributed by atoms with van der Waals surface area (Å²) in [6.07, 6.45) is 26.3. The number of hydrogen-bond donors (Lipinski definition) is 0. The molecule has 0 aromatic heterocycles. The number of unbranched alkanes of at least 4 members (excludes halogenated alkanes) is 16. The monoisotopic (exact) mass is 498 g/mol. The molecule has 4 heteroatoms. The lowest BCUT2D eigenvalue weighted by Gasteiger charge is -2.07. The average molecular weight is 499 g/mol. The molecule has 0 spiro atoms. The van der Waals surface area contributed by atoms with E-state index in [1.165, 1.54) is 109 Å². The van der Waals surface area contributed by atoms with Crippen molar-refractivity contribution in [3.63, 3.8) is 0 Å². The maximum Gasteiger partial charge on any atom is 0.305 e. The van der Waals surface area contributed by atoms with Crippen molar-refractivity contribution in [2.45, 2.75) is 156 Å². The molecule has 0 radical (unpaired) electrons. The molecule has 0 unspecified atom stereocenters. The standard InChI is InChI=1S/C31H62O4/c1-4-5-6-17-20-25-33-28-29-34-26-22-24-31(32)35-27-21-18-15-13-11-9-7-8-10-12-14-16-19-23-30(2)3/h30H,4-29H2,1-3H3. The molecule has 0 fully saturated rings. The molecule has 210 valence electrons. The van der Waals surface area contributed by atoms with Crippen LogP contribution in [-0.2, 0) is 19.0 Å². The van der Waals surface area contributed by atoms with Gasteiger partial charge in [0.15, 0.2) is 0 Å². The summed E-state index contributed by atoms with van der Waals surface area (Å²) >= 11 is 0. The minimum absolute atomic E-state index is 0.0862. The number of ether oxygens (including phenoxy) is 3. The summed E-state index contributed by atoms with van der Waals surface area (Å²) in [4.78, 5) is 11.8. The Kier molecular flexibility index (Phi) is 29.1. The van der Waals surface area contributed by atoms with Crippen molar-refractivity contribution in [2.75, 3.05) is 33.0 Å². The zero-order chi connectivity index (χ0) is 25.7. The summed E-state index contributed by atoms with van der Waals surface area (Å²) < 4.78 is 16.4. The van der Waals surface area contributed by atoms with Gasteiger partial charge in [0, 0.05) is 19.6 Å². The predicted molar refractivity (Wildman–Crippen MR) is 150 cm³/mol. The first kappa shape index (κ1) is 34.4.